The number of hydrogen-bond acceptors (Lipinski definition) is 2. The van der Waals surface area contributed by atoms with Gasteiger partial charge in [0.2, 0.25) is 0 Å². The number of fused-ring (bicyclic) bond motifs is 3. The fourth-order valence-corrected chi connectivity index (χ4v) is 3.87. The third kappa shape index (κ3) is 1.87. The molecule has 0 aliphatic heterocycles. The van der Waals surface area contributed by atoms with E-state index >= 15 is 0 Å². The molecule has 0 N–H and O–H groups in total. The van der Waals surface area contributed by atoms with Gasteiger partial charge in [-0.1, -0.05) is 27.5 Å². The van der Waals surface area contributed by atoms with Crippen molar-refractivity contribution in [1.29, 1.82) is 0 Å². The smallest absolute Gasteiger partial charge is 0.161 e. The Bertz CT molecular complexity index is 791. The molecule has 0 aliphatic rings. The summed E-state index contributed by atoms with van der Waals surface area (Å²) in [5.41, 5.74) is 0.587. The van der Waals surface area contributed by atoms with Crippen LogP contribution in [0.5, 0.6) is 0 Å². The van der Waals surface area contributed by atoms with Crippen molar-refractivity contribution in [2.24, 2.45) is 0 Å². The van der Waals surface area contributed by atoms with E-state index in [4.69, 9.17) is 11.6 Å². The third-order valence-corrected chi connectivity index (χ3v) is 4.84. The van der Waals surface area contributed by atoms with Crippen LogP contribution in [0.15, 0.2) is 34.8 Å². The largest absolute Gasteiger partial charge is 0.294 e. The zero-order valence-electron chi connectivity index (χ0n) is 9.46. The highest BCUT2D eigenvalue weighted by Gasteiger charge is 2.11. The monoisotopic (exact) mass is 338 g/mol. The average molecular weight is 340 g/mol. The lowest BCUT2D eigenvalue weighted by Crippen LogP contribution is -1.92. The Kier molecular flexibility index (Phi) is 2.93. The molecule has 0 fully saturated rings. The Hall–Kier alpha value is -0.900. The second-order valence-electron chi connectivity index (χ2n) is 4.13. The van der Waals surface area contributed by atoms with E-state index in [1.165, 1.54) is 11.6 Å². The Labute approximate surface area is 121 Å². The number of carbonyl (C=O) groups excluding carboxylic acids is 1. The van der Waals surface area contributed by atoms with E-state index in [1.807, 2.05) is 18.2 Å². The molecular weight excluding hydrogens is 332 g/mol. The Balaban J connectivity index is 2.46. The molecule has 0 bridgehead atoms. The molecule has 2 aromatic carbocycles. The SMILES string of the molecule is CC(=O)c1cc2c(cc1Cl)sc1ccc(Br)cc12. The number of ketones is 1. The highest BCUT2D eigenvalue weighted by Crippen LogP contribution is 2.38. The molecular formula is C14H8BrClOS. The van der Waals surface area contributed by atoms with Gasteiger partial charge in [-0.3, -0.25) is 4.79 Å². The first-order valence-corrected chi connectivity index (χ1v) is 7.37. The van der Waals surface area contributed by atoms with Crippen LogP contribution in [0.1, 0.15) is 17.3 Å². The molecule has 18 heavy (non-hydrogen) atoms. The third-order valence-electron chi connectivity index (χ3n) is 2.90. The second-order valence-corrected chi connectivity index (χ2v) is 6.53. The van der Waals surface area contributed by atoms with Gasteiger partial charge < -0.3 is 0 Å². The van der Waals surface area contributed by atoms with Gasteiger partial charge >= 0.3 is 0 Å². The predicted molar refractivity (Wildman–Crippen MR) is 82.0 cm³/mol. The van der Waals surface area contributed by atoms with Crippen molar-refractivity contribution in [3.63, 3.8) is 0 Å². The van der Waals surface area contributed by atoms with Crippen molar-refractivity contribution in [3.8, 4) is 0 Å². The molecule has 90 valence electrons. The van der Waals surface area contributed by atoms with Crippen LogP contribution in [-0.2, 0) is 0 Å². The lowest BCUT2D eigenvalue weighted by atomic mass is 10.1. The molecule has 0 amide bonds. The molecule has 0 saturated heterocycles. The molecule has 0 spiro atoms. The number of benzene rings is 2. The van der Waals surface area contributed by atoms with Gasteiger partial charge in [-0.15, -0.1) is 11.3 Å². The van der Waals surface area contributed by atoms with Gasteiger partial charge in [-0.25, -0.2) is 0 Å². The van der Waals surface area contributed by atoms with Gasteiger partial charge in [0.15, 0.2) is 5.78 Å². The first kappa shape index (κ1) is 12.2. The molecule has 1 nitrogen and oxygen atoms in total. The van der Waals surface area contributed by atoms with Crippen LogP contribution < -0.4 is 0 Å². The van der Waals surface area contributed by atoms with Gasteiger partial charge in [-0.2, -0.15) is 0 Å². The summed E-state index contributed by atoms with van der Waals surface area (Å²) < 4.78 is 3.34. The van der Waals surface area contributed by atoms with Crippen molar-refractivity contribution in [2.45, 2.75) is 6.92 Å². The molecule has 1 heterocycles. The summed E-state index contributed by atoms with van der Waals surface area (Å²) in [6.07, 6.45) is 0. The maximum atomic E-state index is 11.5. The van der Waals surface area contributed by atoms with Crippen molar-refractivity contribution in [1.82, 2.24) is 0 Å². The van der Waals surface area contributed by atoms with Crippen LogP contribution in [0.25, 0.3) is 20.2 Å². The van der Waals surface area contributed by atoms with Crippen LogP contribution in [0.4, 0.5) is 0 Å². The Morgan fingerprint density at radius 1 is 1.17 bits per heavy atom. The van der Waals surface area contributed by atoms with Gasteiger partial charge in [0.05, 0.1) is 5.02 Å². The lowest BCUT2D eigenvalue weighted by Gasteiger charge is -2.00. The van der Waals surface area contributed by atoms with Crippen molar-refractivity contribution >= 4 is 64.8 Å². The van der Waals surface area contributed by atoms with Crippen LogP contribution >= 0.6 is 38.9 Å². The average Bonchev–Trinajstić information content (AvgIpc) is 2.64. The maximum Gasteiger partial charge on any atom is 0.161 e. The minimum absolute atomic E-state index is 0.00348. The molecule has 3 rings (SSSR count). The number of rotatable bonds is 1. The molecule has 3 aromatic rings. The van der Waals surface area contributed by atoms with E-state index in [0.717, 1.165) is 19.9 Å². The molecule has 0 unspecified atom stereocenters. The summed E-state index contributed by atoms with van der Waals surface area (Å²) in [6, 6.07) is 9.94. The van der Waals surface area contributed by atoms with Crippen molar-refractivity contribution < 1.29 is 4.79 Å². The zero-order valence-corrected chi connectivity index (χ0v) is 12.6. The summed E-state index contributed by atoms with van der Waals surface area (Å²) >= 11 is 11.3. The van der Waals surface area contributed by atoms with Crippen LogP contribution in [-0.4, -0.2) is 5.78 Å². The van der Waals surface area contributed by atoms with E-state index in [2.05, 4.69) is 28.1 Å². The second kappa shape index (κ2) is 4.34. The first-order valence-electron chi connectivity index (χ1n) is 5.38. The summed E-state index contributed by atoms with van der Waals surface area (Å²) in [6.45, 7) is 1.54. The summed E-state index contributed by atoms with van der Waals surface area (Å²) in [7, 11) is 0. The maximum absolute atomic E-state index is 11.5. The fraction of sp³-hybridized carbons (Fsp3) is 0.0714. The fourth-order valence-electron chi connectivity index (χ4n) is 2.04. The number of hydrogen-bond donors (Lipinski definition) is 0. The summed E-state index contributed by atoms with van der Waals surface area (Å²) in [5, 5.41) is 2.77. The number of halogens is 2. The van der Waals surface area contributed by atoms with Crippen molar-refractivity contribution in [3.05, 3.63) is 45.4 Å². The quantitative estimate of drug-likeness (QED) is 0.522. The van der Waals surface area contributed by atoms with E-state index in [0.29, 0.717) is 10.6 Å². The van der Waals surface area contributed by atoms with Gasteiger partial charge in [0, 0.05) is 30.2 Å². The summed E-state index contributed by atoms with van der Waals surface area (Å²) in [5.74, 6) is -0.00348. The van der Waals surface area contributed by atoms with E-state index in [9.17, 15) is 4.79 Å². The summed E-state index contributed by atoms with van der Waals surface area (Å²) in [4.78, 5) is 11.5. The van der Waals surface area contributed by atoms with Crippen molar-refractivity contribution in [2.75, 3.05) is 0 Å². The predicted octanol–water partition coefficient (Wildman–Crippen LogP) is 5.67. The van der Waals surface area contributed by atoms with E-state index < -0.39 is 0 Å². The van der Waals surface area contributed by atoms with Gasteiger partial charge in [0.1, 0.15) is 0 Å². The number of Topliss-reactive ketones (excluding diaryl/α,β-unsaturated/α-hetero) is 1. The molecule has 4 heteroatoms. The van der Waals surface area contributed by atoms with Crippen LogP contribution in [0, 0.1) is 0 Å². The first-order chi connectivity index (χ1) is 8.56. The highest BCUT2D eigenvalue weighted by molar-refractivity contribution is 9.10. The minimum atomic E-state index is -0.00348. The normalized spacial score (nSPS) is 11.3. The Morgan fingerprint density at radius 3 is 2.61 bits per heavy atom. The molecule has 0 saturated carbocycles. The van der Waals surface area contributed by atoms with Crippen LogP contribution in [0.3, 0.4) is 0 Å². The topological polar surface area (TPSA) is 17.1 Å². The van der Waals surface area contributed by atoms with Gasteiger partial charge in [0.25, 0.3) is 0 Å². The minimum Gasteiger partial charge on any atom is -0.294 e. The molecule has 0 radical (unpaired) electrons. The Morgan fingerprint density at radius 2 is 1.89 bits per heavy atom. The standard InChI is InChI=1S/C14H8BrClOS/c1-7(17)9-5-11-10-4-8(15)2-3-13(10)18-14(11)6-12(9)16/h2-6H,1H3. The van der Waals surface area contributed by atoms with Crippen LogP contribution in [0.2, 0.25) is 5.02 Å². The molecule has 0 atom stereocenters. The highest BCUT2D eigenvalue weighted by atomic mass is 79.9. The lowest BCUT2D eigenvalue weighted by molar-refractivity contribution is 0.101. The molecule has 0 aliphatic carbocycles. The van der Waals surface area contributed by atoms with E-state index in [1.54, 1.807) is 11.3 Å². The molecule has 1 aromatic heterocycles. The number of thiophene rings is 1. The number of carbonyl (C=O) groups is 1. The van der Waals surface area contributed by atoms with E-state index in [-0.39, 0.29) is 5.78 Å². The van der Waals surface area contributed by atoms with Gasteiger partial charge in [-0.05, 0) is 37.3 Å². The zero-order chi connectivity index (χ0) is 12.9.